The molecular formula is C18H23NO3. The second-order valence-corrected chi connectivity index (χ2v) is 6.93. The fourth-order valence-electron chi connectivity index (χ4n) is 3.82. The number of carbonyl (C=O) groups excluding carboxylic acids is 1. The van der Waals surface area contributed by atoms with Gasteiger partial charge in [-0.3, -0.25) is 9.59 Å². The molecular weight excluding hydrogens is 278 g/mol. The Bertz CT molecular complexity index is 598. The van der Waals surface area contributed by atoms with Crippen molar-refractivity contribution in [3.63, 3.8) is 0 Å². The number of amides is 1. The van der Waals surface area contributed by atoms with E-state index in [1.54, 1.807) is 4.90 Å². The lowest BCUT2D eigenvalue weighted by Gasteiger charge is -2.40. The number of rotatable bonds is 2. The number of carboxylic acid groups (broad SMARTS) is 1. The van der Waals surface area contributed by atoms with Gasteiger partial charge in [0.25, 0.3) is 0 Å². The molecule has 4 heteroatoms. The number of piperidine rings is 1. The molecule has 1 aromatic carbocycles. The number of carboxylic acids is 1. The van der Waals surface area contributed by atoms with Gasteiger partial charge in [-0.05, 0) is 43.2 Å². The molecule has 0 aromatic heterocycles. The molecule has 1 saturated heterocycles. The Morgan fingerprint density at radius 1 is 1.27 bits per heavy atom. The summed E-state index contributed by atoms with van der Waals surface area (Å²) in [4.78, 5) is 26.0. The predicted octanol–water partition coefficient (Wildman–Crippen LogP) is 2.50. The first-order chi connectivity index (χ1) is 10.5. The molecule has 118 valence electrons. The van der Waals surface area contributed by atoms with Gasteiger partial charge >= 0.3 is 5.97 Å². The molecule has 1 fully saturated rings. The Kier molecular flexibility index (Phi) is 3.94. The van der Waals surface area contributed by atoms with Crippen LogP contribution in [0.1, 0.15) is 37.3 Å². The third-order valence-corrected chi connectivity index (χ3v) is 5.22. The third-order valence-electron chi connectivity index (χ3n) is 5.22. The minimum absolute atomic E-state index is 0.132. The highest BCUT2D eigenvalue weighted by Gasteiger charge is 2.41. The van der Waals surface area contributed by atoms with Gasteiger partial charge in [0, 0.05) is 13.1 Å². The fourth-order valence-corrected chi connectivity index (χ4v) is 3.82. The SMILES string of the molecule is CC1(C(=O)N2CCCC(C(=O)O)C2)CCc2ccccc2C1. The summed E-state index contributed by atoms with van der Waals surface area (Å²) in [7, 11) is 0. The third kappa shape index (κ3) is 2.74. The summed E-state index contributed by atoms with van der Waals surface area (Å²) < 4.78 is 0. The second kappa shape index (κ2) is 5.75. The largest absolute Gasteiger partial charge is 0.481 e. The van der Waals surface area contributed by atoms with Gasteiger partial charge in [0.1, 0.15) is 0 Å². The van der Waals surface area contributed by atoms with Gasteiger partial charge in [-0.15, -0.1) is 0 Å². The van der Waals surface area contributed by atoms with Crippen LogP contribution < -0.4 is 0 Å². The summed E-state index contributed by atoms with van der Waals surface area (Å²) in [6, 6.07) is 8.32. The maximum atomic E-state index is 13.0. The topological polar surface area (TPSA) is 57.6 Å². The summed E-state index contributed by atoms with van der Waals surface area (Å²) in [6.45, 7) is 3.10. The van der Waals surface area contributed by atoms with Crippen LogP contribution in [0, 0.1) is 11.3 Å². The van der Waals surface area contributed by atoms with Crippen molar-refractivity contribution in [2.45, 2.75) is 39.0 Å². The van der Waals surface area contributed by atoms with Crippen LogP contribution in [0.3, 0.4) is 0 Å². The molecule has 1 aliphatic heterocycles. The van der Waals surface area contributed by atoms with Crippen molar-refractivity contribution in [2.24, 2.45) is 11.3 Å². The van der Waals surface area contributed by atoms with Crippen LogP contribution >= 0.6 is 0 Å². The fraction of sp³-hybridized carbons (Fsp3) is 0.556. The lowest BCUT2D eigenvalue weighted by molar-refractivity contribution is -0.149. The van der Waals surface area contributed by atoms with E-state index in [0.717, 1.165) is 25.7 Å². The van der Waals surface area contributed by atoms with E-state index in [4.69, 9.17) is 0 Å². The quantitative estimate of drug-likeness (QED) is 0.913. The van der Waals surface area contributed by atoms with Crippen molar-refractivity contribution in [2.75, 3.05) is 13.1 Å². The Morgan fingerprint density at radius 3 is 2.73 bits per heavy atom. The molecule has 0 radical (unpaired) electrons. The molecule has 22 heavy (non-hydrogen) atoms. The van der Waals surface area contributed by atoms with Crippen LogP contribution in [0.2, 0.25) is 0 Å². The number of nitrogens with zero attached hydrogens (tertiary/aromatic N) is 1. The zero-order valence-corrected chi connectivity index (χ0v) is 13.0. The second-order valence-electron chi connectivity index (χ2n) is 6.93. The first kappa shape index (κ1) is 15.1. The minimum atomic E-state index is -0.781. The maximum Gasteiger partial charge on any atom is 0.308 e. The molecule has 1 amide bonds. The van der Waals surface area contributed by atoms with E-state index in [0.29, 0.717) is 19.5 Å². The lowest BCUT2D eigenvalue weighted by atomic mass is 9.71. The highest BCUT2D eigenvalue weighted by molar-refractivity contribution is 5.84. The van der Waals surface area contributed by atoms with Crippen LogP contribution in [0.25, 0.3) is 0 Å². The number of likely N-dealkylation sites (tertiary alicyclic amines) is 1. The molecule has 4 nitrogen and oxygen atoms in total. The monoisotopic (exact) mass is 301 g/mol. The van der Waals surface area contributed by atoms with Gasteiger partial charge in [0.15, 0.2) is 0 Å². The summed E-state index contributed by atoms with van der Waals surface area (Å²) in [5.74, 6) is -1.05. The molecule has 0 spiro atoms. The van der Waals surface area contributed by atoms with E-state index >= 15 is 0 Å². The lowest BCUT2D eigenvalue weighted by Crippen LogP contribution is -2.50. The molecule has 3 rings (SSSR count). The number of benzene rings is 1. The summed E-state index contributed by atoms with van der Waals surface area (Å²) in [6.07, 6.45) is 4.00. The Balaban J connectivity index is 1.76. The number of aliphatic carboxylic acids is 1. The standard InChI is InChI=1S/C18H23NO3/c1-18(9-8-13-5-2-3-6-14(13)11-18)17(22)19-10-4-7-15(12-19)16(20)21/h2-3,5-6,15H,4,7-12H2,1H3,(H,20,21). The molecule has 1 N–H and O–H groups in total. The molecule has 1 heterocycles. The van der Waals surface area contributed by atoms with Crippen molar-refractivity contribution >= 4 is 11.9 Å². The highest BCUT2D eigenvalue weighted by Crippen LogP contribution is 2.37. The van der Waals surface area contributed by atoms with Crippen molar-refractivity contribution in [1.82, 2.24) is 4.90 Å². The number of fused-ring (bicyclic) bond motifs is 1. The zero-order chi connectivity index (χ0) is 15.7. The van der Waals surface area contributed by atoms with E-state index in [-0.39, 0.29) is 5.91 Å². The van der Waals surface area contributed by atoms with E-state index in [2.05, 4.69) is 12.1 Å². The minimum Gasteiger partial charge on any atom is -0.481 e. The number of aryl methyl sites for hydroxylation is 1. The average Bonchev–Trinajstić information content (AvgIpc) is 2.54. The number of carbonyl (C=O) groups is 2. The first-order valence-corrected chi connectivity index (χ1v) is 8.08. The molecule has 1 aromatic rings. The Morgan fingerprint density at radius 2 is 2.00 bits per heavy atom. The van der Waals surface area contributed by atoms with Crippen LogP contribution in [0.5, 0.6) is 0 Å². The average molecular weight is 301 g/mol. The predicted molar refractivity (Wildman–Crippen MR) is 83.5 cm³/mol. The van der Waals surface area contributed by atoms with E-state index in [1.165, 1.54) is 11.1 Å². The van der Waals surface area contributed by atoms with E-state index < -0.39 is 17.3 Å². The zero-order valence-electron chi connectivity index (χ0n) is 13.0. The van der Waals surface area contributed by atoms with Crippen molar-refractivity contribution in [3.05, 3.63) is 35.4 Å². The van der Waals surface area contributed by atoms with Crippen molar-refractivity contribution < 1.29 is 14.7 Å². The van der Waals surface area contributed by atoms with Crippen LogP contribution in [-0.4, -0.2) is 35.0 Å². The maximum absolute atomic E-state index is 13.0. The molecule has 0 saturated carbocycles. The van der Waals surface area contributed by atoms with Crippen LogP contribution in [-0.2, 0) is 22.4 Å². The normalized spacial score (nSPS) is 28.0. The number of hydrogen-bond acceptors (Lipinski definition) is 2. The van der Waals surface area contributed by atoms with Gasteiger partial charge in [-0.1, -0.05) is 31.2 Å². The molecule has 0 bridgehead atoms. The van der Waals surface area contributed by atoms with Gasteiger partial charge in [-0.25, -0.2) is 0 Å². The van der Waals surface area contributed by atoms with Gasteiger partial charge in [-0.2, -0.15) is 0 Å². The smallest absolute Gasteiger partial charge is 0.308 e. The Labute approximate surface area is 131 Å². The van der Waals surface area contributed by atoms with Gasteiger partial charge < -0.3 is 10.0 Å². The number of hydrogen-bond donors (Lipinski definition) is 1. The van der Waals surface area contributed by atoms with Crippen LogP contribution in [0.15, 0.2) is 24.3 Å². The Hall–Kier alpha value is -1.84. The molecule has 1 aliphatic carbocycles. The first-order valence-electron chi connectivity index (χ1n) is 8.08. The highest BCUT2D eigenvalue weighted by atomic mass is 16.4. The summed E-state index contributed by atoms with van der Waals surface area (Å²) >= 11 is 0. The molecule has 2 unspecified atom stereocenters. The van der Waals surface area contributed by atoms with Gasteiger partial charge in [0.05, 0.1) is 11.3 Å². The summed E-state index contributed by atoms with van der Waals surface area (Å²) in [5.41, 5.74) is 2.21. The van der Waals surface area contributed by atoms with E-state index in [9.17, 15) is 14.7 Å². The van der Waals surface area contributed by atoms with Crippen LogP contribution in [0.4, 0.5) is 0 Å². The molecule has 2 aliphatic rings. The van der Waals surface area contributed by atoms with Crippen molar-refractivity contribution in [3.8, 4) is 0 Å². The van der Waals surface area contributed by atoms with Gasteiger partial charge in [0.2, 0.25) is 5.91 Å². The summed E-state index contributed by atoms with van der Waals surface area (Å²) in [5, 5.41) is 9.20. The van der Waals surface area contributed by atoms with E-state index in [1.807, 2.05) is 19.1 Å². The molecule has 2 atom stereocenters. The van der Waals surface area contributed by atoms with Crippen molar-refractivity contribution in [1.29, 1.82) is 0 Å².